The summed E-state index contributed by atoms with van der Waals surface area (Å²) in [5.41, 5.74) is 2.19. The van der Waals surface area contributed by atoms with Crippen molar-refractivity contribution in [1.29, 1.82) is 0 Å². The van der Waals surface area contributed by atoms with E-state index in [1.807, 2.05) is 54.5 Å². The molecule has 0 N–H and O–H groups in total. The fourth-order valence-electron chi connectivity index (χ4n) is 3.55. The van der Waals surface area contributed by atoms with Crippen molar-refractivity contribution >= 4 is 17.7 Å². The minimum Gasteiger partial charge on any atom is -0.354 e. The average molecular weight is 396 g/mol. The van der Waals surface area contributed by atoms with Crippen LogP contribution in [-0.4, -0.2) is 49.0 Å². The Kier molecular flexibility index (Phi) is 5.81. The SMILES string of the molecule is Cn1cccc1Cc1nnc(SCC(=O)N2CCCCC2)n1-c1ccccc1. The van der Waals surface area contributed by atoms with E-state index in [1.54, 1.807) is 0 Å². The average Bonchev–Trinajstić information content (AvgIpc) is 3.33. The Labute approximate surface area is 169 Å². The molecule has 0 unspecified atom stereocenters. The number of likely N-dealkylation sites (tertiary alicyclic amines) is 1. The van der Waals surface area contributed by atoms with Gasteiger partial charge in [0.25, 0.3) is 0 Å². The van der Waals surface area contributed by atoms with Crippen LogP contribution in [0.2, 0.25) is 0 Å². The summed E-state index contributed by atoms with van der Waals surface area (Å²) in [7, 11) is 2.03. The molecule has 0 spiro atoms. The topological polar surface area (TPSA) is 56.0 Å². The minimum atomic E-state index is 0.191. The second-order valence-electron chi connectivity index (χ2n) is 7.09. The quantitative estimate of drug-likeness (QED) is 0.601. The highest BCUT2D eigenvalue weighted by Gasteiger charge is 2.20. The van der Waals surface area contributed by atoms with Gasteiger partial charge in [0.05, 0.1) is 5.75 Å². The molecule has 0 saturated carbocycles. The summed E-state index contributed by atoms with van der Waals surface area (Å²) in [6.07, 6.45) is 6.16. The van der Waals surface area contributed by atoms with Crippen LogP contribution in [0.25, 0.3) is 5.69 Å². The molecule has 3 aromatic rings. The van der Waals surface area contributed by atoms with Crippen LogP contribution in [0, 0.1) is 0 Å². The van der Waals surface area contributed by atoms with Gasteiger partial charge in [-0.05, 0) is 43.5 Å². The van der Waals surface area contributed by atoms with E-state index in [2.05, 4.69) is 25.4 Å². The number of thioether (sulfide) groups is 1. The standard InChI is InChI=1S/C21H25N5OS/c1-24-12-8-11-18(24)15-19-22-23-21(26(19)17-9-4-2-5-10-17)28-16-20(27)25-13-6-3-7-14-25/h2,4-5,8-12H,3,6-7,13-16H2,1H3. The Morgan fingerprint density at radius 3 is 2.54 bits per heavy atom. The van der Waals surface area contributed by atoms with Crippen LogP contribution in [0.1, 0.15) is 30.8 Å². The normalized spacial score (nSPS) is 14.4. The molecule has 0 atom stereocenters. The molecule has 0 bridgehead atoms. The number of piperidine rings is 1. The molecule has 3 heterocycles. The van der Waals surface area contributed by atoms with E-state index in [0.29, 0.717) is 12.2 Å². The van der Waals surface area contributed by atoms with E-state index in [9.17, 15) is 4.79 Å². The van der Waals surface area contributed by atoms with Gasteiger partial charge in [0.2, 0.25) is 5.91 Å². The highest BCUT2D eigenvalue weighted by molar-refractivity contribution is 7.99. The summed E-state index contributed by atoms with van der Waals surface area (Å²) in [4.78, 5) is 14.5. The summed E-state index contributed by atoms with van der Waals surface area (Å²) in [6, 6.07) is 14.2. The van der Waals surface area contributed by atoms with E-state index in [4.69, 9.17) is 0 Å². The Bertz CT molecular complexity index is 927. The lowest BCUT2D eigenvalue weighted by molar-refractivity contribution is -0.129. The van der Waals surface area contributed by atoms with Crippen LogP contribution in [0.15, 0.2) is 53.8 Å². The highest BCUT2D eigenvalue weighted by Crippen LogP contribution is 2.24. The summed E-state index contributed by atoms with van der Waals surface area (Å²) in [6.45, 7) is 1.76. The van der Waals surface area contributed by atoms with Gasteiger partial charge < -0.3 is 9.47 Å². The van der Waals surface area contributed by atoms with Gasteiger partial charge >= 0.3 is 0 Å². The number of rotatable bonds is 6. The van der Waals surface area contributed by atoms with E-state index in [-0.39, 0.29) is 5.91 Å². The van der Waals surface area contributed by atoms with Crippen LogP contribution in [-0.2, 0) is 18.3 Å². The highest BCUT2D eigenvalue weighted by atomic mass is 32.2. The molecular formula is C21H25N5OS. The van der Waals surface area contributed by atoms with Gasteiger partial charge in [-0.15, -0.1) is 10.2 Å². The van der Waals surface area contributed by atoms with E-state index in [1.165, 1.54) is 23.9 Å². The van der Waals surface area contributed by atoms with Gasteiger partial charge in [-0.1, -0.05) is 30.0 Å². The zero-order valence-electron chi connectivity index (χ0n) is 16.1. The maximum absolute atomic E-state index is 12.6. The van der Waals surface area contributed by atoms with Crippen molar-refractivity contribution in [3.63, 3.8) is 0 Å². The van der Waals surface area contributed by atoms with E-state index in [0.717, 1.165) is 42.6 Å². The molecule has 28 heavy (non-hydrogen) atoms. The van der Waals surface area contributed by atoms with Gasteiger partial charge in [0, 0.05) is 44.1 Å². The number of carbonyl (C=O) groups excluding carboxylic acids is 1. The molecule has 0 radical (unpaired) electrons. The van der Waals surface area contributed by atoms with Crippen molar-refractivity contribution in [2.75, 3.05) is 18.8 Å². The van der Waals surface area contributed by atoms with Crippen LogP contribution in [0.3, 0.4) is 0 Å². The molecule has 0 aliphatic carbocycles. The fourth-order valence-corrected chi connectivity index (χ4v) is 4.42. The molecule has 1 amide bonds. The van der Waals surface area contributed by atoms with Crippen molar-refractivity contribution in [1.82, 2.24) is 24.2 Å². The van der Waals surface area contributed by atoms with Crippen molar-refractivity contribution in [3.05, 3.63) is 60.2 Å². The maximum Gasteiger partial charge on any atom is 0.233 e. The largest absolute Gasteiger partial charge is 0.354 e. The first-order valence-electron chi connectivity index (χ1n) is 9.73. The molecule has 2 aromatic heterocycles. The lowest BCUT2D eigenvalue weighted by atomic mass is 10.1. The molecule has 1 aromatic carbocycles. The summed E-state index contributed by atoms with van der Waals surface area (Å²) < 4.78 is 4.16. The van der Waals surface area contributed by atoms with Crippen molar-refractivity contribution in [2.24, 2.45) is 7.05 Å². The van der Waals surface area contributed by atoms with E-state index >= 15 is 0 Å². The molecule has 1 aliphatic rings. The Balaban J connectivity index is 1.56. The zero-order valence-corrected chi connectivity index (χ0v) is 16.9. The zero-order chi connectivity index (χ0) is 19.3. The predicted octanol–water partition coefficient (Wildman–Crippen LogP) is 3.30. The number of amides is 1. The van der Waals surface area contributed by atoms with Crippen LogP contribution in [0.5, 0.6) is 0 Å². The second-order valence-corrected chi connectivity index (χ2v) is 8.03. The van der Waals surface area contributed by atoms with Crippen molar-refractivity contribution in [3.8, 4) is 5.69 Å². The first kappa shape index (κ1) is 18.8. The lowest BCUT2D eigenvalue weighted by Gasteiger charge is -2.26. The number of carbonyl (C=O) groups is 1. The number of aryl methyl sites for hydroxylation is 1. The fraction of sp³-hybridized carbons (Fsp3) is 0.381. The molecule has 1 fully saturated rings. The number of hydrogen-bond acceptors (Lipinski definition) is 4. The number of aromatic nitrogens is 4. The third-order valence-electron chi connectivity index (χ3n) is 5.14. The number of benzene rings is 1. The van der Waals surface area contributed by atoms with Crippen LogP contribution >= 0.6 is 11.8 Å². The van der Waals surface area contributed by atoms with Gasteiger partial charge in [-0.25, -0.2) is 0 Å². The van der Waals surface area contributed by atoms with Gasteiger partial charge in [-0.2, -0.15) is 0 Å². The molecule has 1 saturated heterocycles. The van der Waals surface area contributed by atoms with Gasteiger partial charge in [-0.3, -0.25) is 9.36 Å². The first-order chi connectivity index (χ1) is 13.7. The third kappa shape index (κ3) is 4.14. The molecule has 6 nitrogen and oxygen atoms in total. The lowest BCUT2D eigenvalue weighted by Crippen LogP contribution is -2.36. The van der Waals surface area contributed by atoms with Gasteiger partial charge in [0.15, 0.2) is 5.16 Å². The molecule has 7 heteroatoms. The summed E-state index contributed by atoms with van der Waals surface area (Å²) >= 11 is 1.47. The number of hydrogen-bond donors (Lipinski definition) is 0. The van der Waals surface area contributed by atoms with E-state index < -0.39 is 0 Å². The maximum atomic E-state index is 12.6. The van der Waals surface area contributed by atoms with Crippen LogP contribution in [0.4, 0.5) is 0 Å². The summed E-state index contributed by atoms with van der Waals surface area (Å²) in [5.74, 6) is 1.46. The number of nitrogens with zero attached hydrogens (tertiary/aromatic N) is 5. The van der Waals surface area contributed by atoms with Crippen LogP contribution < -0.4 is 0 Å². The first-order valence-corrected chi connectivity index (χ1v) is 10.7. The molecule has 146 valence electrons. The Morgan fingerprint density at radius 2 is 1.82 bits per heavy atom. The smallest absolute Gasteiger partial charge is 0.233 e. The molecule has 1 aliphatic heterocycles. The van der Waals surface area contributed by atoms with Crippen molar-refractivity contribution in [2.45, 2.75) is 30.8 Å². The monoisotopic (exact) mass is 395 g/mol. The molecular weight excluding hydrogens is 370 g/mol. The van der Waals surface area contributed by atoms with Crippen molar-refractivity contribution < 1.29 is 4.79 Å². The second kappa shape index (κ2) is 8.65. The molecule has 4 rings (SSSR count). The summed E-state index contributed by atoms with van der Waals surface area (Å²) in [5, 5.41) is 9.63. The predicted molar refractivity (Wildman–Crippen MR) is 111 cm³/mol. The van der Waals surface area contributed by atoms with Gasteiger partial charge in [0.1, 0.15) is 5.82 Å². The third-order valence-corrected chi connectivity index (χ3v) is 6.05. The minimum absolute atomic E-state index is 0.191. The number of para-hydroxylation sites is 1. The Hall–Kier alpha value is -2.54. The Morgan fingerprint density at radius 1 is 1.04 bits per heavy atom.